The van der Waals surface area contributed by atoms with Crippen molar-refractivity contribution >= 4 is 23.6 Å². The molecule has 2 N–H and O–H groups in total. The highest BCUT2D eigenvalue weighted by atomic mass is 32.2. The van der Waals surface area contributed by atoms with Crippen LogP contribution >= 0.6 is 11.8 Å². The maximum atomic E-state index is 12.1. The molecule has 26 heavy (non-hydrogen) atoms. The first-order valence-electron chi connectivity index (χ1n) is 9.42. The molecule has 0 radical (unpaired) electrons. The Morgan fingerprint density at radius 3 is 2.85 bits per heavy atom. The van der Waals surface area contributed by atoms with Crippen LogP contribution in [0.5, 0.6) is 0 Å². The molecule has 1 aliphatic carbocycles. The number of nitrogens with zero attached hydrogens (tertiary/aromatic N) is 2. The second-order valence-electron chi connectivity index (χ2n) is 6.88. The number of aliphatic imine (C=N–C) groups is 1. The Kier molecular flexibility index (Phi) is 8.29. The minimum Gasteiger partial charge on any atom is -0.356 e. The number of carbonyl (C=O) groups excluding carboxylic acids is 1. The summed E-state index contributed by atoms with van der Waals surface area (Å²) in [5, 5.41) is 7.73. The first-order valence-corrected chi connectivity index (χ1v) is 10.5. The van der Waals surface area contributed by atoms with E-state index in [4.69, 9.17) is 0 Å². The van der Waals surface area contributed by atoms with E-state index in [0.29, 0.717) is 6.04 Å². The third kappa shape index (κ3) is 6.24. The van der Waals surface area contributed by atoms with E-state index in [9.17, 15) is 4.79 Å². The molecule has 1 fully saturated rings. The van der Waals surface area contributed by atoms with Gasteiger partial charge in [-0.15, -0.1) is 0 Å². The van der Waals surface area contributed by atoms with Crippen molar-refractivity contribution in [2.75, 3.05) is 33.4 Å². The molecule has 0 aromatic heterocycles. The maximum Gasteiger partial charge on any atom is 0.253 e. The molecule has 5 nitrogen and oxygen atoms in total. The van der Waals surface area contributed by atoms with Gasteiger partial charge in [-0.1, -0.05) is 19.1 Å². The van der Waals surface area contributed by atoms with Crippen LogP contribution in [0.3, 0.4) is 0 Å². The number of nitrogens with one attached hydrogen (secondary N) is 2. The molecular weight excluding hydrogens is 344 g/mol. The largest absolute Gasteiger partial charge is 0.356 e. The second kappa shape index (κ2) is 10.5. The van der Waals surface area contributed by atoms with Crippen molar-refractivity contribution in [3.63, 3.8) is 0 Å². The predicted octanol–water partition coefficient (Wildman–Crippen LogP) is 2.77. The summed E-state index contributed by atoms with van der Waals surface area (Å²) in [7, 11) is 5.37. The Balaban J connectivity index is 1.79. The molecule has 1 saturated carbocycles. The van der Waals surface area contributed by atoms with Gasteiger partial charge in [0.25, 0.3) is 5.91 Å². The van der Waals surface area contributed by atoms with Gasteiger partial charge in [0, 0.05) is 44.5 Å². The normalized spacial score (nSPS) is 20.1. The zero-order chi connectivity index (χ0) is 18.9. The van der Waals surface area contributed by atoms with E-state index in [-0.39, 0.29) is 5.91 Å². The lowest BCUT2D eigenvalue weighted by Crippen LogP contribution is -2.43. The summed E-state index contributed by atoms with van der Waals surface area (Å²) in [5.74, 6) is 2.11. The summed E-state index contributed by atoms with van der Waals surface area (Å²) < 4.78 is 0. The average molecular weight is 377 g/mol. The number of hydrogen-bond acceptors (Lipinski definition) is 3. The summed E-state index contributed by atoms with van der Waals surface area (Å²) in [5.41, 5.74) is 1.89. The third-order valence-electron chi connectivity index (χ3n) is 4.64. The molecule has 0 aliphatic heterocycles. The Bertz CT molecular complexity index is 618. The van der Waals surface area contributed by atoms with Crippen LogP contribution < -0.4 is 10.6 Å². The van der Waals surface area contributed by atoms with E-state index in [1.807, 2.05) is 25.2 Å². The van der Waals surface area contributed by atoms with Crippen LogP contribution in [0.15, 0.2) is 29.3 Å². The molecule has 2 atom stereocenters. The summed E-state index contributed by atoms with van der Waals surface area (Å²) >= 11 is 2.07. The quantitative estimate of drug-likeness (QED) is 0.568. The number of carbonyl (C=O) groups is 1. The first-order chi connectivity index (χ1) is 12.5. The fourth-order valence-electron chi connectivity index (χ4n) is 3.29. The van der Waals surface area contributed by atoms with Crippen molar-refractivity contribution in [2.45, 2.75) is 43.9 Å². The smallest absolute Gasteiger partial charge is 0.253 e. The Hall–Kier alpha value is -1.69. The molecule has 0 bridgehead atoms. The maximum absolute atomic E-state index is 12.1. The average Bonchev–Trinajstić information content (AvgIpc) is 3.07. The molecule has 0 saturated heterocycles. The molecular formula is C20H32N4OS. The van der Waals surface area contributed by atoms with Gasteiger partial charge in [0.05, 0.1) is 0 Å². The standard InChI is InChI=1S/C20H32N4OS/c1-5-26-18-10-9-17(14-18)23-20(21-2)22-12-11-15-7-6-8-16(13-15)19(25)24(3)4/h6-8,13,17-18H,5,9-12,14H2,1-4H3,(H2,21,22,23). The van der Waals surface area contributed by atoms with E-state index >= 15 is 0 Å². The molecule has 1 aromatic carbocycles. The van der Waals surface area contributed by atoms with Crippen LogP contribution in [0.25, 0.3) is 0 Å². The monoisotopic (exact) mass is 376 g/mol. The Labute approximate surface area is 162 Å². The van der Waals surface area contributed by atoms with Crippen molar-refractivity contribution in [2.24, 2.45) is 4.99 Å². The molecule has 1 aromatic rings. The number of benzene rings is 1. The van der Waals surface area contributed by atoms with Crippen molar-refractivity contribution in [1.82, 2.24) is 15.5 Å². The van der Waals surface area contributed by atoms with Crippen molar-refractivity contribution in [3.8, 4) is 0 Å². The predicted molar refractivity (Wildman–Crippen MR) is 112 cm³/mol. The van der Waals surface area contributed by atoms with Crippen LogP contribution in [0.1, 0.15) is 42.1 Å². The highest BCUT2D eigenvalue weighted by molar-refractivity contribution is 7.99. The lowest BCUT2D eigenvalue weighted by Gasteiger charge is -2.17. The molecule has 2 unspecified atom stereocenters. The van der Waals surface area contributed by atoms with Crippen LogP contribution in [-0.4, -0.2) is 61.5 Å². The van der Waals surface area contributed by atoms with Crippen LogP contribution in [0.2, 0.25) is 0 Å². The molecule has 1 amide bonds. The van der Waals surface area contributed by atoms with E-state index in [0.717, 1.165) is 35.3 Å². The van der Waals surface area contributed by atoms with Gasteiger partial charge in [-0.05, 0) is 49.1 Å². The van der Waals surface area contributed by atoms with E-state index in [2.05, 4.69) is 40.4 Å². The molecule has 144 valence electrons. The number of amides is 1. The third-order valence-corrected chi connectivity index (χ3v) is 5.87. The van der Waals surface area contributed by atoms with Gasteiger partial charge in [0.2, 0.25) is 0 Å². The lowest BCUT2D eigenvalue weighted by atomic mass is 10.1. The second-order valence-corrected chi connectivity index (χ2v) is 8.46. The van der Waals surface area contributed by atoms with Gasteiger partial charge >= 0.3 is 0 Å². The minimum atomic E-state index is 0.0398. The summed E-state index contributed by atoms with van der Waals surface area (Å²) in [4.78, 5) is 18.0. The number of rotatable bonds is 7. The van der Waals surface area contributed by atoms with E-state index in [1.54, 1.807) is 19.0 Å². The Morgan fingerprint density at radius 2 is 2.15 bits per heavy atom. The zero-order valence-electron chi connectivity index (χ0n) is 16.4. The van der Waals surface area contributed by atoms with Crippen LogP contribution in [-0.2, 0) is 6.42 Å². The lowest BCUT2D eigenvalue weighted by molar-refractivity contribution is 0.0827. The first kappa shape index (κ1) is 20.6. The fraction of sp³-hybridized carbons (Fsp3) is 0.600. The summed E-state index contributed by atoms with van der Waals surface area (Å²) in [6.45, 7) is 3.02. The molecule has 6 heteroatoms. The van der Waals surface area contributed by atoms with Crippen LogP contribution in [0, 0.1) is 0 Å². The SMILES string of the molecule is CCSC1CCC(NC(=NC)NCCc2cccc(C(=O)N(C)C)c2)C1. The topological polar surface area (TPSA) is 56.7 Å². The van der Waals surface area contributed by atoms with Crippen molar-refractivity contribution < 1.29 is 4.79 Å². The molecule has 0 spiro atoms. The molecule has 2 rings (SSSR count). The van der Waals surface area contributed by atoms with Crippen LogP contribution in [0.4, 0.5) is 0 Å². The zero-order valence-corrected chi connectivity index (χ0v) is 17.2. The number of hydrogen-bond donors (Lipinski definition) is 2. The van der Waals surface area contributed by atoms with Crippen molar-refractivity contribution in [3.05, 3.63) is 35.4 Å². The van der Waals surface area contributed by atoms with E-state index < -0.39 is 0 Å². The number of thioether (sulfide) groups is 1. The Morgan fingerprint density at radius 1 is 1.35 bits per heavy atom. The summed E-state index contributed by atoms with van der Waals surface area (Å²) in [6.07, 6.45) is 4.58. The highest BCUT2D eigenvalue weighted by Crippen LogP contribution is 2.29. The van der Waals surface area contributed by atoms with Gasteiger partial charge in [-0.3, -0.25) is 9.79 Å². The van der Waals surface area contributed by atoms with Gasteiger partial charge < -0.3 is 15.5 Å². The fourth-order valence-corrected chi connectivity index (χ4v) is 4.43. The highest BCUT2D eigenvalue weighted by Gasteiger charge is 2.24. The van der Waals surface area contributed by atoms with Gasteiger partial charge in [-0.25, -0.2) is 0 Å². The van der Waals surface area contributed by atoms with Crippen molar-refractivity contribution in [1.29, 1.82) is 0 Å². The van der Waals surface area contributed by atoms with Gasteiger partial charge in [-0.2, -0.15) is 11.8 Å². The minimum absolute atomic E-state index is 0.0398. The number of guanidine groups is 1. The van der Waals surface area contributed by atoms with E-state index in [1.165, 1.54) is 25.0 Å². The van der Waals surface area contributed by atoms with Gasteiger partial charge in [0.15, 0.2) is 5.96 Å². The summed E-state index contributed by atoms with van der Waals surface area (Å²) in [6, 6.07) is 8.37. The molecule has 1 aliphatic rings. The molecule has 0 heterocycles. The van der Waals surface area contributed by atoms with Gasteiger partial charge in [0.1, 0.15) is 0 Å².